The number of nitro benzene ring substituents is 1. The van der Waals surface area contributed by atoms with Crippen LogP contribution in [0.3, 0.4) is 0 Å². The molecule has 0 radical (unpaired) electrons. The van der Waals surface area contributed by atoms with Gasteiger partial charge < -0.3 is 53.8 Å². The third kappa shape index (κ3) is 12.3. The monoisotopic (exact) mass is 1220 g/mol. The molecular formula is C65H81N11O11S. The Morgan fingerprint density at radius 3 is 2.47 bits per heavy atom. The van der Waals surface area contributed by atoms with Crippen molar-refractivity contribution in [1.82, 2.24) is 29.5 Å². The van der Waals surface area contributed by atoms with Crippen molar-refractivity contribution < 1.29 is 46.9 Å². The first-order valence-electron chi connectivity index (χ1n) is 31.3. The fourth-order valence-corrected chi connectivity index (χ4v) is 15.7. The van der Waals surface area contributed by atoms with Gasteiger partial charge in [0, 0.05) is 107 Å². The lowest BCUT2D eigenvalue weighted by Gasteiger charge is -2.58. The predicted molar refractivity (Wildman–Crippen MR) is 335 cm³/mol. The van der Waals surface area contributed by atoms with Gasteiger partial charge in [-0.15, -0.1) is 0 Å². The van der Waals surface area contributed by atoms with Crippen molar-refractivity contribution in [2.45, 2.75) is 126 Å². The van der Waals surface area contributed by atoms with Crippen LogP contribution >= 0.6 is 0 Å². The number of fused-ring (bicyclic) bond motifs is 3. The van der Waals surface area contributed by atoms with Crippen LogP contribution in [-0.2, 0) is 26.0 Å². The Hall–Kier alpha value is -7.28. The van der Waals surface area contributed by atoms with Gasteiger partial charge in [-0.2, -0.15) is 4.98 Å². The quantitative estimate of drug-likeness (QED) is 0.0492. The molecule has 13 rings (SSSR count). The van der Waals surface area contributed by atoms with Crippen LogP contribution in [-0.4, -0.2) is 165 Å². The molecule has 1 spiro atoms. The number of piperazine rings is 1. The Labute approximate surface area is 514 Å². The number of methoxy groups -OCH3 is 1. The number of benzene rings is 3. The molecule has 3 aromatic heterocycles. The number of carbonyl (C=O) groups is 1. The smallest absolute Gasteiger partial charge is 0.293 e. The summed E-state index contributed by atoms with van der Waals surface area (Å²) in [5.41, 5.74) is 5.28. The number of rotatable bonds is 17. The number of nitrogens with one attached hydrogen (secondary N) is 3. The molecule has 1 amide bonds. The minimum atomic E-state index is -4.66. The van der Waals surface area contributed by atoms with E-state index in [4.69, 9.17) is 33.7 Å². The van der Waals surface area contributed by atoms with Crippen molar-refractivity contribution in [2.75, 3.05) is 106 Å². The molecule has 3 atom stereocenters. The van der Waals surface area contributed by atoms with E-state index in [0.29, 0.717) is 80.5 Å². The number of aromatic amines is 1. The summed E-state index contributed by atoms with van der Waals surface area (Å²) in [5, 5.41) is 26.9. The van der Waals surface area contributed by atoms with E-state index >= 15 is 0 Å². The second-order valence-electron chi connectivity index (χ2n) is 25.8. The van der Waals surface area contributed by atoms with Crippen molar-refractivity contribution in [1.29, 1.82) is 0 Å². The number of piperidine rings is 1. The molecule has 22 nitrogen and oxygen atoms in total. The van der Waals surface area contributed by atoms with Gasteiger partial charge >= 0.3 is 0 Å². The second kappa shape index (κ2) is 24.6. The Morgan fingerprint density at radius 1 is 0.898 bits per heavy atom. The van der Waals surface area contributed by atoms with E-state index < -0.39 is 43.1 Å². The Balaban J connectivity index is 0.747. The number of H-pyrrole nitrogens is 1. The van der Waals surface area contributed by atoms with Gasteiger partial charge in [0.2, 0.25) is 11.8 Å². The molecule has 88 heavy (non-hydrogen) atoms. The van der Waals surface area contributed by atoms with Crippen molar-refractivity contribution in [3.05, 3.63) is 118 Å². The third-order valence-corrected chi connectivity index (χ3v) is 20.9. The molecule has 468 valence electrons. The first-order valence-corrected chi connectivity index (χ1v) is 32.8. The molecule has 2 aliphatic carbocycles. The number of ether oxygens (including phenoxy) is 5. The van der Waals surface area contributed by atoms with Gasteiger partial charge in [0.25, 0.3) is 21.6 Å². The highest BCUT2D eigenvalue weighted by Crippen LogP contribution is 2.54. The average molecular weight is 1220 g/mol. The number of nitro groups is 1. The van der Waals surface area contributed by atoms with E-state index in [1.807, 2.05) is 43.6 Å². The number of aliphatic hydroxyl groups is 1. The fraction of sp³-hybridized carbons (Fsp3) is 0.523. The van der Waals surface area contributed by atoms with Crippen LogP contribution in [0.2, 0.25) is 0 Å². The topological polar surface area (TPSA) is 243 Å². The predicted octanol–water partition coefficient (Wildman–Crippen LogP) is 8.97. The van der Waals surface area contributed by atoms with E-state index in [2.05, 4.69) is 83.7 Å². The molecule has 0 bridgehead atoms. The number of para-hydroxylation sites is 1. The standard InChI is InChI=1S/C65H81N11O11S/c1-42(2)86-58-8-6-5-7-49(58)57-40-71(39-44-31-55(62(83-4)68-38-44)73-26-29-84-30-27-73)24-25-74(57)47-35-65(36-47)19-22-72(23-20-65)46-9-11-50(53(33-46)75-52-16-28-85-41-59(52)87-63-56(75)32-45-15-21-66-60(45)69-63)61(77)70-88(81,82)48-10-12-51(54(34-48)76(79)80)67-37-43-13-17-64(3,78)18-14-43/h5-12,15,21,31-34,38,42-43,47,52,57,59,67,78H,13-14,16-20,22-30,35-37,39-41H2,1-4H3,(H,66,69)(H,70,77)/t43-,52-,57+,59-,64-/m0/s1. The highest BCUT2D eigenvalue weighted by Gasteiger charge is 2.51. The van der Waals surface area contributed by atoms with E-state index in [1.165, 1.54) is 17.7 Å². The van der Waals surface area contributed by atoms with Crippen LogP contribution in [0.4, 0.5) is 34.1 Å². The minimum absolute atomic E-state index is 0.0239. The second-order valence-corrected chi connectivity index (χ2v) is 27.5. The largest absolute Gasteiger partial charge is 0.491 e. The van der Waals surface area contributed by atoms with Gasteiger partial charge in [-0.05, 0) is 150 Å². The maximum Gasteiger partial charge on any atom is 0.293 e. The number of carbonyl (C=O) groups excluding carboxylic acids is 1. The molecule has 6 fully saturated rings. The summed E-state index contributed by atoms with van der Waals surface area (Å²) in [5.74, 6) is 1.21. The van der Waals surface area contributed by atoms with Gasteiger partial charge in [-0.3, -0.25) is 24.7 Å². The number of nitrogens with zero attached hydrogens (tertiary/aromatic N) is 8. The molecule has 0 unspecified atom stereocenters. The molecule has 23 heteroatoms. The number of morpholine rings is 1. The van der Waals surface area contributed by atoms with Gasteiger partial charge in [-0.25, -0.2) is 18.1 Å². The number of anilines is 5. The van der Waals surface area contributed by atoms with E-state index in [0.717, 1.165) is 125 Å². The lowest BCUT2D eigenvalue weighted by molar-refractivity contribution is -0.384. The van der Waals surface area contributed by atoms with Crippen molar-refractivity contribution in [3.63, 3.8) is 0 Å². The zero-order valence-corrected chi connectivity index (χ0v) is 51.5. The first-order chi connectivity index (χ1) is 42.5. The average Bonchev–Trinajstić information content (AvgIpc) is 1.91. The molecule has 8 heterocycles. The first kappa shape index (κ1) is 59.7. The molecule has 7 aliphatic rings. The molecular weight excluding hydrogens is 1140 g/mol. The lowest BCUT2D eigenvalue weighted by atomic mass is 9.59. The van der Waals surface area contributed by atoms with Crippen LogP contribution in [0.15, 0.2) is 96.2 Å². The molecule has 4 saturated heterocycles. The highest BCUT2D eigenvalue weighted by atomic mass is 32.2. The van der Waals surface area contributed by atoms with Crippen LogP contribution < -0.4 is 38.9 Å². The zero-order valence-electron chi connectivity index (χ0n) is 50.7. The number of hydrogen-bond donors (Lipinski definition) is 4. The molecule has 2 saturated carbocycles. The van der Waals surface area contributed by atoms with Gasteiger partial charge in [0.15, 0.2) is 0 Å². The Bertz CT molecular complexity index is 3650. The van der Waals surface area contributed by atoms with E-state index in [-0.39, 0.29) is 47.4 Å². The molecule has 4 N–H and O–H groups in total. The third-order valence-electron chi connectivity index (χ3n) is 19.5. The maximum absolute atomic E-state index is 14.9. The molecule has 3 aromatic carbocycles. The lowest BCUT2D eigenvalue weighted by Crippen LogP contribution is -2.59. The van der Waals surface area contributed by atoms with Crippen LogP contribution in [0, 0.1) is 21.4 Å². The summed E-state index contributed by atoms with van der Waals surface area (Å²) in [6.45, 7) is 15.1. The SMILES string of the molecule is COc1ncc(CN2CCN(C3CC4(CCN(c5ccc(C(=O)NS(=O)(=O)c6ccc(NC[C@H]7CC[C@](C)(O)CC7)c([N+](=O)[O-])c6)c(N6c7cc8cc[nH]c8nc7O[C@H]7COCC[C@@H]76)c5)CC4)C3)[C@@H](c3ccccc3OC(C)C)C2)cc1N1CCOCC1. The van der Waals surface area contributed by atoms with Crippen LogP contribution in [0.5, 0.6) is 17.5 Å². The van der Waals surface area contributed by atoms with Crippen LogP contribution in [0.25, 0.3) is 11.0 Å². The van der Waals surface area contributed by atoms with Crippen molar-refractivity contribution in [2.24, 2.45) is 11.3 Å². The number of sulfonamides is 1. The number of pyridine rings is 2. The summed E-state index contributed by atoms with van der Waals surface area (Å²) in [6, 6.07) is 24.1. The summed E-state index contributed by atoms with van der Waals surface area (Å²) < 4.78 is 61.4. The van der Waals surface area contributed by atoms with Crippen LogP contribution in [0.1, 0.15) is 106 Å². The summed E-state index contributed by atoms with van der Waals surface area (Å²) in [4.78, 5) is 51.3. The Morgan fingerprint density at radius 2 is 1.69 bits per heavy atom. The minimum Gasteiger partial charge on any atom is -0.491 e. The number of aromatic nitrogens is 3. The van der Waals surface area contributed by atoms with Crippen molar-refractivity contribution >= 4 is 61.1 Å². The van der Waals surface area contributed by atoms with E-state index in [1.54, 1.807) is 13.2 Å². The maximum atomic E-state index is 14.9. The summed E-state index contributed by atoms with van der Waals surface area (Å²) in [6.07, 6.45) is 10.8. The molecule has 6 aromatic rings. The Kier molecular flexibility index (Phi) is 16.7. The van der Waals surface area contributed by atoms with Gasteiger partial charge in [-0.1, -0.05) is 18.2 Å². The van der Waals surface area contributed by atoms with E-state index in [9.17, 15) is 28.4 Å². The summed E-state index contributed by atoms with van der Waals surface area (Å²) in [7, 11) is -2.98. The highest BCUT2D eigenvalue weighted by molar-refractivity contribution is 7.90. The van der Waals surface area contributed by atoms with Crippen molar-refractivity contribution in [3.8, 4) is 17.5 Å². The normalized spacial score (nSPS) is 24.3. The molecule has 5 aliphatic heterocycles. The fourth-order valence-electron chi connectivity index (χ4n) is 14.7. The summed E-state index contributed by atoms with van der Waals surface area (Å²) >= 11 is 0. The van der Waals surface area contributed by atoms with Gasteiger partial charge in [0.05, 0.1) is 71.8 Å². The van der Waals surface area contributed by atoms with Gasteiger partial charge in [0.1, 0.15) is 34.6 Å². The number of amides is 1. The number of hydrogen-bond acceptors (Lipinski definition) is 19. The zero-order chi connectivity index (χ0) is 60.9.